The average molecular weight is 252 g/mol. The topological polar surface area (TPSA) is 52.0 Å². The van der Waals surface area contributed by atoms with Crippen molar-refractivity contribution in [2.75, 3.05) is 13.2 Å². The Morgan fingerprint density at radius 2 is 2.33 bits per heavy atom. The third-order valence-electron chi connectivity index (χ3n) is 3.97. The molecule has 0 saturated heterocycles. The van der Waals surface area contributed by atoms with Gasteiger partial charge in [-0.05, 0) is 26.3 Å². The summed E-state index contributed by atoms with van der Waals surface area (Å²) in [5.74, 6) is 0. The molecule has 0 spiro atoms. The Kier molecular flexibility index (Phi) is 4.35. The SMILES string of the molecule is CCOC1CC(NCCCn2ccnn2)C1(C)C. The molecule has 1 N–H and O–H groups in total. The largest absolute Gasteiger partial charge is 0.378 e. The van der Waals surface area contributed by atoms with E-state index in [-0.39, 0.29) is 5.41 Å². The van der Waals surface area contributed by atoms with Crippen molar-refractivity contribution in [3.8, 4) is 0 Å². The second-order valence-electron chi connectivity index (χ2n) is 5.53. The zero-order chi connectivity index (χ0) is 13.0. The van der Waals surface area contributed by atoms with Crippen molar-refractivity contribution in [3.05, 3.63) is 12.4 Å². The van der Waals surface area contributed by atoms with Gasteiger partial charge in [-0.2, -0.15) is 0 Å². The lowest BCUT2D eigenvalue weighted by Crippen LogP contribution is -2.61. The highest BCUT2D eigenvalue weighted by Crippen LogP contribution is 2.42. The summed E-state index contributed by atoms with van der Waals surface area (Å²) in [6.45, 7) is 9.39. The first kappa shape index (κ1) is 13.5. The van der Waals surface area contributed by atoms with Crippen LogP contribution in [0.5, 0.6) is 0 Å². The molecule has 1 saturated carbocycles. The van der Waals surface area contributed by atoms with Crippen LogP contribution in [0.4, 0.5) is 0 Å². The van der Waals surface area contributed by atoms with Gasteiger partial charge < -0.3 is 10.1 Å². The summed E-state index contributed by atoms with van der Waals surface area (Å²) in [6.07, 6.45) is 6.24. The monoisotopic (exact) mass is 252 g/mol. The molecule has 1 aliphatic carbocycles. The zero-order valence-electron chi connectivity index (χ0n) is 11.6. The molecule has 0 radical (unpaired) electrons. The van der Waals surface area contributed by atoms with E-state index in [1.165, 1.54) is 0 Å². The van der Waals surface area contributed by atoms with Crippen LogP contribution in [0.2, 0.25) is 0 Å². The number of hydrogen-bond donors (Lipinski definition) is 1. The van der Waals surface area contributed by atoms with Crippen LogP contribution in [0, 0.1) is 5.41 Å². The summed E-state index contributed by atoms with van der Waals surface area (Å²) >= 11 is 0. The van der Waals surface area contributed by atoms with E-state index in [1.54, 1.807) is 6.20 Å². The number of ether oxygens (including phenoxy) is 1. The second kappa shape index (κ2) is 5.80. The number of nitrogens with one attached hydrogen (secondary N) is 1. The molecule has 1 heterocycles. The van der Waals surface area contributed by atoms with E-state index < -0.39 is 0 Å². The van der Waals surface area contributed by atoms with Gasteiger partial charge in [-0.15, -0.1) is 5.10 Å². The molecule has 0 bridgehead atoms. The van der Waals surface area contributed by atoms with Crippen molar-refractivity contribution in [1.82, 2.24) is 20.3 Å². The molecule has 5 heteroatoms. The maximum atomic E-state index is 5.73. The van der Waals surface area contributed by atoms with Gasteiger partial charge in [-0.3, -0.25) is 4.68 Å². The molecule has 0 aliphatic heterocycles. The molecular formula is C13H24N4O. The van der Waals surface area contributed by atoms with E-state index in [1.807, 2.05) is 10.9 Å². The van der Waals surface area contributed by atoms with Gasteiger partial charge >= 0.3 is 0 Å². The van der Waals surface area contributed by atoms with E-state index in [0.717, 1.165) is 32.5 Å². The first-order chi connectivity index (χ1) is 8.64. The molecule has 1 aromatic rings. The molecule has 1 aliphatic rings. The number of hydrogen-bond acceptors (Lipinski definition) is 4. The standard InChI is InChI=1S/C13H24N4O/c1-4-18-12-10-11(13(12,2)3)14-6-5-8-17-9-7-15-16-17/h7,9,11-12,14H,4-6,8,10H2,1-3H3. The summed E-state index contributed by atoms with van der Waals surface area (Å²) in [7, 11) is 0. The number of aromatic nitrogens is 3. The lowest BCUT2D eigenvalue weighted by molar-refractivity contribution is -0.114. The Morgan fingerprint density at radius 3 is 2.94 bits per heavy atom. The third-order valence-corrected chi connectivity index (χ3v) is 3.97. The van der Waals surface area contributed by atoms with E-state index in [0.29, 0.717) is 12.1 Å². The van der Waals surface area contributed by atoms with Crippen molar-refractivity contribution in [2.24, 2.45) is 5.41 Å². The minimum atomic E-state index is 0.253. The van der Waals surface area contributed by atoms with Gasteiger partial charge in [-0.1, -0.05) is 19.1 Å². The highest BCUT2D eigenvalue weighted by atomic mass is 16.5. The molecule has 1 fully saturated rings. The van der Waals surface area contributed by atoms with Gasteiger partial charge in [-0.25, -0.2) is 0 Å². The van der Waals surface area contributed by atoms with Gasteiger partial charge in [0.2, 0.25) is 0 Å². The minimum Gasteiger partial charge on any atom is -0.378 e. The average Bonchev–Trinajstić information content (AvgIpc) is 2.84. The van der Waals surface area contributed by atoms with E-state index in [2.05, 4.69) is 36.4 Å². The maximum absolute atomic E-state index is 5.73. The number of nitrogens with zero attached hydrogens (tertiary/aromatic N) is 3. The van der Waals surface area contributed by atoms with Gasteiger partial charge in [0.1, 0.15) is 0 Å². The van der Waals surface area contributed by atoms with Gasteiger partial charge in [0.15, 0.2) is 0 Å². The first-order valence-corrected chi connectivity index (χ1v) is 6.83. The van der Waals surface area contributed by atoms with Gasteiger partial charge in [0, 0.05) is 30.8 Å². The highest BCUT2D eigenvalue weighted by molar-refractivity contribution is 5.02. The van der Waals surface area contributed by atoms with Gasteiger partial charge in [0.25, 0.3) is 0 Å². The van der Waals surface area contributed by atoms with Gasteiger partial charge in [0.05, 0.1) is 12.3 Å². The summed E-state index contributed by atoms with van der Waals surface area (Å²) in [5, 5.41) is 11.4. The summed E-state index contributed by atoms with van der Waals surface area (Å²) in [5.41, 5.74) is 0.253. The maximum Gasteiger partial charge on any atom is 0.0692 e. The molecule has 2 atom stereocenters. The fraction of sp³-hybridized carbons (Fsp3) is 0.846. The number of rotatable bonds is 7. The van der Waals surface area contributed by atoms with Crippen LogP contribution in [0.1, 0.15) is 33.6 Å². The van der Waals surface area contributed by atoms with Crippen LogP contribution >= 0.6 is 0 Å². The van der Waals surface area contributed by atoms with E-state index >= 15 is 0 Å². The molecular weight excluding hydrogens is 228 g/mol. The van der Waals surface area contributed by atoms with Crippen LogP contribution in [0.3, 0.4) is 0 Å². The molecule has 2 rings (SSSR count). The molecule has 1 aromatic heterocycles. The highest BCUT2D eigenvalue weighted by Gasteiger charge is 2.48. The van der Waals surface area contributed by atoms with Crippen LogP contribution in [-0.2, 0) is 11.3 Å². The second-order valence-corrected chi connectivity index (χ2v) is 5.53. The summed E-state index contributed by atoms with van der Waals surface area (Å²) in [4.78, 5) is 0. The fourth-order valence-corrected chi connectivity index (χ4v) is 2.59. The fourth-order valence-electron chi connectivity index (χ4n) is 2.59. The van der Waals surface area contributed by atoms with Crippen LogP contribution in [0.25, 0.3) is 0 Å². The lowest BCUT2D eigenvalue weighted by atomic mass is 9.64. The smallest absolute Gasteiger partial charge is 0.0692 e. The predicted octanol–water partition coefficient (Wildman–Crippen LogP) is 1.46. The predicted molar refractivity (Wildman–Crippen MR) is 70.2 cm³/mol. The zero-order valence-corrected chi connectivity index (χ0v) is 11.6. The van der Waals surface area contributed by atoms with Crippen LogP contribution in [-0.4, -0.2) is 40.3 Å². The quantitative estimate of drug-likeness (QED) is 0.747. The van der Waals surface area contributed by atoms with Crippen molar-refractivity contribution in [1.29, 1.82) is 0 Å². The van der Waals surface area contributed by atoms with E-state index in [9.17, 15) is 0 Å². The Labute approximate surface area is 109 Å². The molecule has 18 heavy (non-hydrogen) atoms. The normalized spacial score (nSPS) is 25.9. The van der Waals surface area contributed by atoms with Crippen molar-refractivity contribution < 1.29 is 4.74 Å². The number of aryl methyl sites for hydroxylation is 1. The van der Waals surface area contributed by atoms with Crippen molar-refractivity contribution in [2.45, 2.75) is 52.3 Å². The molecule has 0 aromatic carbocycles. The molecule has 5 nitrogen and oxygen atoms in total. The van der Waals surface area contributed by atoms with Crippen molar-refractivity contribution in [3.63, 3.8) is 0 Å². The molecule has 2 unspecified atom stereocenters. The Morgan fingerprint density at radius 1 is 1.50 bits per heavy atom. The molecule has 0 amide bonds. The van der Waals surface area contributed by atoms with Crippen LogP contribution < -0.4 is 5.32 Å². The van der Waals surface area contributed by atoms with Crippen LogP contribution in [0.15, 0.2) is 12.4 Å². The molecule has 102 valence electrons. The Hall–Kier alpha value is -0.940. The lowest BCUT2D eigenvalue weighted by Gasteiger charge is -2.52. The summed E-state index contributed by atoms with van der Waals surface area (Å²) < 4.78 is 7.60. The Balaban J connectivity index is 1.63. The minimum absolute atomic E-state index is 0.253. The van der Waals surface area contributed by atoms with E-state index in [4.69, 9.17) is 4.74 Å². The van der Waals surface area contributed by atoms with Crippen molar-refractivity contribution >= 4 is 0 Å². The summed E-state index contributed by atoms with van der Waals surface area (Å²) in [6, 6.07) is 0.574. The third kappa shape index (κ3) is 2.90. The Bertz CT molecular complexity index is 350. The first-order valence-electron chi connectivity index (χ1n) is 6.83.